The number of para-hydroxylation sites is 1. The molecule has 1 aliphatic rings. The molecule has 1 atom stereocenters. The summed E-state index contributed by atoms with van der Waals surface area (Å²) in [6, 6.07) is 15.8. The molecule has 1 unspecified atom stereocenters. The third kappa shape index (κ3) is 3.58. The predicted octanol–water partition coefficient (Wildman–Crippen LogP) is 4.66. The average molecular weight is 407 g/mol. The van der Waals surface area contributed by atoms with E-state index >= 15 is 0 Å². The molecule has 2 aromatic carbocycles. The van der Waals surface area contributed by atoms with Gasteiger partial charge in [0.15, 0.2) is 5.69 Å². The standard InChI is InChI=1S/C22H22N4O2S/c1-4-14-10-12-15(13-11-14)21-26(18(27)5-2)17-9-7-6-8-16(17)19-20(28-21)23-22(29-3)25-24-19/h6-13,21H,4-5H2,1-3H3. The van der Waals surface area contributed by atoms with Crippen molar-refractivity contribution in [2.75, 3.05) is 11.2 Å². The number of anilines is 1. The summed E-state index contributed by atoms with van der Waals surface area (Å²) in [4.78, 5) is 19.3. The molecule has 0 aliphatic carbocycles. The summed E-state index contributed by atoms with van der Waals surface area (Å²) in [6.07, 6.45) is 2.56. The van der Waals surface area contributed by atoms with Crippen LogP contribution in [0, 0.1) is 0 Å². The van der Waals surface area contributed by atoms with Crippen molar-refractivity contribution in [2.45, 2.75) is 38.1 Å². The molecule has 3 aromatic rings. The Morgan fingerprint density at radius 3 is 2.55 bits per heavy atom. The van der Waals surface area contributed by atoms with Gasteiger partial charge in [0.2, 0.25) is 23.2 Å². The van der Waals surface area contributed by atoms with Crippen LogP contribution >= 0.6 is 11.8 Å². The molecule has 0 radical (unpaired) electrons. The van der Waals surface area contributed by atoms with Crippen molar-refractivity contribution >= 4 is 23.4 Å². The number of amides is 1. The van der Waals surface area contributed by atoms with E-state index in [4.69, 9.17) is 4.74 Å². The van der Waals surface area contributed by atoms with E-state index in [1.54, 1.807) is 4.90 Å². The largest absolute Gasteiger partial charge is 0.447 e. The summed E-state index contributed by atoms with van der Waals surface area (Å²) in [5.74, 6) is 0.348. The Morgan fingerprint density at radius 1 is 1.10 bits per heavy atom. The van der Waals surface area contributed by atoms with Crippen LogP contribution in [-0.4, -0.2) is 27.3 Å². The minimum Gasteiger partial charge on any atom is -0.447 e. The van der Waals surface area contributed by atoms with E-state index in [9.17, 15) is 4.79 Å². The lowest BCUT2D eigenvalue weighted by Gasteiger charge is -2.30. The lowest BCUT2D eigenvalue weighted by Crippen LogP contribution is -2.37. The average Bonchev–Trinajstić information content (AvgIpc) is 2.92. The molecule has 0 spiro atoms. The number of thioether (sulfide) groups is 1. The molecule has 0 saturated heterocycles. The van der Waals surface area contributed by atoms with Crippen LogP contribution in [-0.2, 0) is 11.2 Å². The van der Waals surface area contributed by atoms with Gasteiger partial charge in [0.05, 0.1) is 5.69 Å². The fraction of sp³-hybridized carbons (Fsp3) is 0.273. The van der Waals surface area contributed by atoms with Crippen LogP contribution in [0.2, 0.25) is 0 Å². The second-order valence-corrected chi connectivity index (χ2v) is 7.43. The summed E-state index contributed by atoms with van der Waals surface area (Å²) < 4.78 is 6.36. The van der Waals surface area contributed by atoms with Gasteiger partial charge in [-0.2, -0.15) is 4.98 Å². The molecule has 29 heavy (non-hydrogen) atoms. The highest BCUT2D eigenvalue weighted by Crippen LogP contribution is 2.43. The van der Waals surface area contributed by atoms with Gasteiger partial charge in [0, 0.05) is 17.5 Å². The fourth-order valence-electron chi connectivity index (χ4n) is 3.37. The number of carbonyl (C=O) groups is 1. The number of carbonyl (C=O) groups excluding carboxylic acids is 1. The maximum Gasteiger partial charge on any atom is 0.247 e. The number of fused-ring (bicyclic) bond motifs is 3. The van der Waals surface area contributed by atoms with Gasteiger partial charge >= 0.3 is 0 Å². The Balaban J connectivity index is 1.94. The highest BCUT2D eigenvalue weighted by Gasteiger charge is 2.35. The maximum absolute atomic E-state index is 13.0. The monoisotopic (exact) mass is 406 g/mol. The first-order valence-electron chi connectivity index (χ1n) is 9.61. The number of rotatable bonds is 4. The lowest BCUT2D eigenvalue weighted by molar-refractivity contribution is -0.120. The Labute approximate surface area is 174 Å². The molecule has 0 fully saturated rings. The van der Waals surface area contributed by atoms with Crippen molar-refractivity contribution in [2.24, 2.45) is 0 Å². The van der Waals surface area contributed by atoms with Gasteiger partial charge in [0.1, 0.15) is 0 Å². The number of benzene rings is 2. The van der Waals surface area contributed by atoms with E-state index in [-0.39, 0.29) is 5.91 Å². The number of hydrogen-bond donors (Lipinski definition) is 0. The Kier molecular flexibility index (Phi) is 5.49. The lowest BCUT2D eigenvalue weighted by atomic mass is 10.1. The van der Waals surface area contributed by atoms with Gasteiger partial charge in [-0.15, -0.1) is 10.2 Å². The van der Waals surface area contributed by atoms with Gasteiger partial charge in [-0.25, -0.2) is 0 Å². The second-order valence-electron chi connectivity index (χ2n) is 6.65. The normalized spacial score (nSPS) is 15.1. The van der Waals surface area contributed by atoms with Gasteiger partial charge in [-0.1, -0.05) is 68.1 Å². The number of ether oxygens (including phenoxy) is 1. The molecule has 0 saturated carbocycles. The first-order valence-corrected chi connectivity index (χ1v) is 10.8. The summed E-state index contributed by atoms with van der Waals surface area (Å²) in [5.41, 5.74) is 4.18. The van der Waals surface area contributed by atoms with Crippen molar-refractivity contribution in [1.29, 1.82) is 0 Å². The number of aryl methyl sites for hydroxylation is 1. The van der Waals surface area contributed by atoms with Crippen LogP contribution in [0.25, 0.3) is 11.3 Å². The van der Waals surface area contributed by atoms with Crippen molar-refractivity contribution in [3.05, 3.63) is 59.7 Å². The van der Waals surface area contributed by atoms with Gasteiger partial charge in [-0.3, -0.25) is 9.69 Å². The smallest absolute Gasteiger partial charge is 0.247 e. The minimum atomic E-state index is -0.637. The van der Waals surface area contributed by atoms with E-state index < -0.39 is 6.23 Å². The molecule has 148 valence electrons. The summed E-state index contributed by atoms with van der Waals surface area (Å²) in [5, 5.41) is 9.07. The molecular formula is C22H22N4O2S. The maximum atomic E-state index is 13.0. The molecular weight excluding hydrogens is 384 g/mol. The number of aromatic nitrogens is 3. The summed E-state index contributed by atoms with van der Waals surface area (Å²) in [7, 11) is 0. The van der Waals surface area contributed by atoms with Crippen molar-refractivity contribution in [3.8, 4) is 17.1 Å². The fourth-order valence-corrected chi connectivity index (χ4v) is 3.67. The van der Waals surface area contributed by atoms with Gasteiger partial charge < -0.3 is 4.74 Å². The molecule has 1 aliphatic heterocycles. The first-order chi connectivity index (χ1) is 14.2. The van der Waals surface area contributed by atoms with E-state index in [1.807, 2.05) is 49.6 Å². The number of nitrogens with zero attached hydrogens (tertiary/aromatic N) is 4. The zero-order valence-electron chi connectivity index (χ0n) is 16.6. The van der Waals surface area contributed by atoms with Crippen LogP contribution in [0.15, 0.2) is 53.7 Å². The molecule has 6 nitrogen and oxygen atoms in total. The van der Waals surface area contributed by atoms with E-state index in [1.165, 1.54) is 17.3 Å². The molecule has 7 heteroatoms. The molecule has 2 heterocycles. The molecule has 0 N–H and O–H groups in total. The van der Waals surface area contributed by atoms with Gasteiger partial charge in [0.25, 0.3) is 0 Å². The van der Waals surface area contributed by atoms with E-state index in [2.05, 4.69) is 34.2 Å². The van der Waals surface area contributed by atoms with Crippen molar-refractivity contribution in [1.82, 2.24) is 15.2 Å². The minimum absolute atomic E-state index is 0.0344. The summed E-state index contributed by atoms with van der Waals surface area (Å²) >= 11 is 1.40. The summed E-state index contributed by atoms with van der Waals surface area (Å²) in [6.45, 7) is 3.97. The first kappa shape index (κ1) is 19.4. The zero-order valence-corrected chi connectivity index (χ0v) is 17.4. The van der Waals surface area contributed by atoms with Crippen LogP contribution in [0.5, 0.6) is 5.88 Å². The number of hydrogen-bond acceptors (Lipinski definition) is 6. The Hall–Kier alpha value is -2.93. The zero-order chi connectivity index (χ0) is 20.4. The topological polar surface area (TPSA) is 68.2 Å². The second kappa shape index (κ2) is 8.21. The molecule has 1 amide bonds. The highest BCUT2D eigenvalue weighted by atomic mass is 32.2. The molecule has 0 bridgehead atoms. The van der Waals surface area contributed by atoms with Crippen LogP contribution in [0.4, 0.5) is 5.69 Å². The predicted molar refractivity (Wildman–Crippen MR) is 114 cm³/mol. The van der Waals surface area contributed by atoms with E-state index in [0.29, 0.717) is 23.2 Å². The highest BCUT2D eigenvalue weighted by molar-refractivity contribution is 7.98. The van der Waals surface area contributed by atoms with Crippen LogP contribution < -0.4 is 9.64 Å². The molecule has 1 aromatic heterocycles. The van der Waals surface area contributed by atoms with E-state index in [0.717, 1.165) is 23.2 Å². The molecule has 4 rings (SSSR count). The third-order valence-electron chi connectivity index (χ3n) is 4.94. The third-order valence-corrected chi connectivity index (χ3v) is 5.48. The van der Waals surface area contributed by atoms with Crippen molar-refractivity contribution < 1.29 is 9.53 Å². The van der Waals surface area contributed by atoms with Crippen LogP contribution in [0.3, 0.4) is 0 Å². The van der Waals surface area contributed by atoms with Crippen LogP contribution in [0.1, 0.15) is 37.6 Å². The quantitative estimate of drug-likeness (QED) is 0.587. The van der Waals surface area contributed by atoms with Crippen molar-refractivity contribution in [3.63, 3.8) is 0 Å². The Bertz CT molecular complexity index is 1040. The van der Waals surface area contributed by atoms with Gasteiger partial charge in [-0.05, 0) is 24.3 Å². The Morgan fingerprint density at radius 2 is 1.86 bits per heavy atom. The SMILES string of the molecule is CCC(=O)N1c2ccccc2-c2nnc(SC)nc2OC1c1ccc(CC)cc1.